The Morgan fingerprint density at radius 1 is 0.450 bits per heavy atom. The summed E-state index contributed by atoms with van der Waals surface area (Å²) in [6.07, 6.45) is 0. The quantitative estimate of drug-likeness (QED) is 0.202. The van der Waals surface area contributed by atoms with Gasteiger partial charge in [0.05, 0.1) is 16.8 Å². The highest BCUT2D eigenvalue weighted by Gasteiger charge is 2.50. The van der Waals surface area contributed by atoms with Gasteiger partial charge in [-0.1, -0.05) is 103 Å². The average molecular weight is 546 g/mol. The van der Waals surface area contributed by atoms with Gasteiger partial charge in [0, 0.05) is 35.7 Å². The molecule has 0 fully saturated rings. The van der Waals surface area contributed by atoms with Crippen LogP contribution in [0.25, 0.3) is 20.2 Å². The lowest BCUT2D eigenvalue weighted by molar-refractivity contribution is 0.694. The zero-order valence-corrected chi connectivity index (χ0v) is 23.2. The number of fused-ring (bicyclic) bond motifs is 11. The third-order valence-corrected chi connectivity index (χ3v) is 10.8. The highest BCUT2D eigenvalue weighted by atomic mass is 32.2. The van der Waals surface area contributed by atoms with Crippen molar-refractivity contribution in [3.8, 4) is 0 Å². The molecule has 3 heterocycles. The fourth-order valence-electron chi connectivity index (χ4n) is 6.94. The highest BCUT2D eigenvalue weighted by molar-refractivity contribution is 7.99. The first kappa shape index (κ1) is 22.5. The van der Waals surface area contributed by atoms with Crippen LogP contribution in [-0.2, 0) is 5.41 Å². The number of benzene rings is 6. The Balaban J connectivity index is 1.46. The zero-order chi connectivity index (χ0) is 26.3. The van der Waals surface area contributed by atoms with Gasteiger partial charge in [0.2, 0.25) is 0 Å². The minimum Gasteiger partial charge on any atom is -0.310 e. The molecule has 0 atom stereocenters. The molecule has 6 aromatic carbocycles. The number of anilines is 3. The molecule has 7 aromatic rings. The van der Waals surface area contributed by atoms with E-state index in [1.165, 1.54) is 69.3 Å². The molecule has 0 bridgehead atoms. The van der Waals surface area contributed by atoms with Crippen molar-refractivity contribution in [2.75, 3.05) is 4.90 Å². The summed E-state index contributed by atoms with van der Waals surface area (Å²) >= 11 is 3.82. The number of rotatable bonds is 1. The first-order valence-electron chi connectivity index (χ1n) is 13.6. The lowest BCUT2D eigenvalue weighted by atomic mass is 9.62. The molecule has 3 heteroatoms. The van der Waals surface area contributed by atoms with E-state index in [9.17, 15) is 0 Å². The van der Waals surface area contributed by atoms with Gasteiger partial charge in [0.25, 0.3) is 0 Å². The first-order chi connectivity index (χ1) is 19.8. The molecule has 0 radical (unpaired) electrons. The Labute approximate surface area is 241 Å². The van der Waals surface area contributed by atoms with E-state index in [1.54, 1.807) is 0 Å². The third kappa shape index (κ3) is 2.89. The van der Waals surface area contributed by atoms with Crippen molar-refractivity contribution in [3.63, 3.8) is 0 Å². The van der Waals surface area contributed by atoms with Crippen molar-refractivity contribution >= 4 is 60.3 Å². The van der Waals surface area contributed by atoms with E-state index in [0.717, 1.165) is 0 Å². The predicted octanol–water partition coefficient (Wildman–Crippen LogP) is 10.7. The number of nitrogens with zero attached hydrogens (tertiary/aromatic N) is 1. The van der Waals surface area contributed by atoms with Crippen molar-refractivity contribution < 1.29 is 0 Å². The van der Waals surface area contributed by atoms with Gasteiger partial charge < -0.3 is 4.90 Å². The molecule has 0 amide bonds. The van der Waals surface area contributed by atoms with Gasteiger partial charge in [-0.25, -0.2) is 0 Å². The lowest BCUT2D eigenvalue weighted by Crippen LogP contribution is -2.39. The van der Waals surface area contributed by atoms with Crippen LogP contribution in [0.4, 0.5) is 17.1 Å². The maximum Gasteiger partial charge on any atom is 0.0764 e. The second-order valence-electron chi connectivity index (χ2n) is 10.5. The van der Waals surface area contributed by atoms with Crippen LogP contribution in [0.15, 0.2) is 149 Å². The molecule has 1 spiro atoms. The van der Waals surface area contributed by atoms with E-state index < -0.39 is 5.41 Å². The van der Waals surface area contributed by atoms with Crippen molar-refractivity contribution in [1.29, 1.82) is 0 Å². The molecule has 9 rings (SSSR count). The first-order valence-corrected chi connectivity index (χ1v) is 15.2. The summed E-state index contributed by atoms with van der Waals surface area (Å²) in [6, 6.07) is 51.7. The third-order valence-electron chi connectivity index (χ3n) is 8.51. The summed E-state index contributed by atoms with van der Waals surface area (Å²) < 4.78 is 2.69. The molecule has 0 saturated heterocycles. The Morgan fingerprint density at radius 3 is 1.85 bits per heavy atom. The topological polar surface area (TPSA) is 3.24 Å². The van der Waals surface area contributed by atoms with E-state index in [-0.39, 0.29) is 0 Å². The van der Waals surface area contributed by atoms with E-state index in [2.05, 4.69) is 144 Å². The molecule has 0 N–H and O–H groups in total. The van der Waals surface area contributed by atoms with Gasteiger partial charge in [-0.15, -0.1) is 11.3 Å². The second-order valence-corrected chi connectivity index (χ2v) is 12.7. The molecular formula is C37H23NS2. The summed E-state index contributed by atoms with van der Waals surface area (Å²) in [7, 11) is 0. The molecule has 2 aliphatic rings. The highest BCUT2D eigenvalue weighted by Crippen LogP contribution is 2.63. The molecule has 188 valence electrons. The minimum absolute atomic E-state index is 0.431. The average Bonchev–Trinajstić information content (AvgIpc) is 3.38. The molecule has 2 aliphatic heterocycles. The number of thiophene rings is 1. The van der Waals surface area contributed by atoms with E-state index in [1.807, 2.05) is 23.1 Å². The van der Waals surface area contributed by atoms with Crippen LogP contribution in [-0.4, -0.2) is 0 Å². The van der Waals surface area contributed by atoms with Crippen LogP contribution < -0.4 is 4.90 Å². The lowest BCUT2D eigenvalue weighted by Gasteiger charge is -2.49. The fourth-order valence-corrected chi connectivity index (χ4v) is 9.28. The van der Waals surface area contributed by atoms with Gasteiger partial charge in [0.1, 0.15) is 0 Å². The fraction of sp³-hybridized carbons (Fsp3) is 0.0270. The standard InChI is InChI=1S/C37H23NS2/c1-2-12-24(13-3-1)38-31-18-8-5-15-27(31)37(28-16-6-9-19-32(28)38)29-17-7-11-21-34(29)40-36-22-26-25-14-4-10-20-33(25)39-35(26)23-30(36)37/h1-23H. The Hall–Kier alpha value is -4.31. The van der Waals surface area contributed by atoms with Crippen LogP contribution in [0, 0.1) is 0 Å². The summed E-state index contributed by atoms with van der Waals surface area (Å²) in [5.41, 5.74) is 8.60. The van der Waals surface area contributed by atoms with Crippen molar-refractivity contribution in [2.45, 2.75) is 15.2 Å². The largest absolute Gasteiger partial charge is 0.310 e. The summed E-state index contributed by atoms with van der Waals surface area (Å²) in [5.74, 6) is 0. The van der Waals surface area contributed by atoms with Crippen LogP contribution in [0.5, 0.6) is 0 Å². The molecule has 0 saturated carbocycles. The number of hydrogen-bond donors (Lipinski definition) is 0. The second kappa shape index (κ2) is 8.34. The molecular weight excluding hydrogens is 523 g/mol. The van der Waals surface area contributed by atoms with Crippen LogP contribution >= 0.6 is 23.1 Å². The summed E-state index contributed by atoms with van der Waals surface area (Å²) in [4.78, 5) is 5.11. The van der Waals surface area contributed by atoms with E-state index >= 15 is 0 Å². The SMILES string of the molecule is c1ccc(N2c3ccccc3C3(c4ccccc4Sc4cc5c(cc43)sc3ccccc35)c3ccccc32)cc1. The maximum absolute atomic E-state index is 2.50. The molecule has 40 heavy (non-hydrogen) atoms. The smallest absolute Gasteiger partial charge is 0.0764 e. The molecule has 0 aliphatic carbocycles. The van der Waals surface area contributed by atoms with Gasteiger partial charge in [-0.05, 0) is 70.8 Å². The van der Waals surface area contributed by atoms with Crippen molar-refractivity contribution in [1.82, 2.24) is 0 Å². The number of para-hydroxylation sites is 3. The van der Waals surface area contributed by atoms with Gasteiger partial charge in [-0.3, -0.25) is 0 Å². The van der Waals surface area contributed by atoms with Crippen LogP contribution in [0.2, 0.25) is 0 Å². The summed E-state index contributed by atoms with van der Waals surface area (Å²) in [6.45, 7) is 0. The zero-order valence-electron chi connectivity index (χ0n) is 21.5. The van der Waals surface area contributed by atoms with Gasteiger partial charge in [-0.2, -0.15) is 0 Å². The van der Waals surface area contributed by atoms with Crippen LogP contribution in [0.3, 0.4) is 0 Å². The molecule has 1 aromatic heterocycles. The minimum atomic E-state index is -0.431. The van der Waals surface area contributed by atoms with Crippen molar-refractivity contribution in [2.24, 2.45) is 0 Å². The molecule has 0 unspecified atom stereocenters. The van der Waals surface area contributed by atoms with Crippen LogP contribution in [0.1, 0.15) is 22.3 Å². The van der Waals surface area contributed by atoms with E-state index in [4.69, 9.17) is 0 Å². The molecule has 1 nitrogen and oxygen atoms in total. The Morgan fingerprint density at radius 2 is 1.07 bits per heavy atom. The van der Waals surface area contributed by atoms with Crippen molar-refractivity contribution in [3.05, 3.63) is 162 Å². The summed E-state index contributed by atoms with van der Waals surface area (Å²) in [5, 5.41) is 2.70. The van der Waals surface area contributed by atoms with Gasteiger partial charge in [0.15, 0.2) is 0 Å². The van der Waals surface area contributed by atoms with E-state index in [0.29, 0.717) is 0 Å². The Kier molecular flexibility index (Phi) is 4.69. The maximum atomic E-state index is 2.50. The van der Waals surface area contributed by atoms with Gasteiger partial charge >= 0.3 is 0 Å². The number of hydrogen-bond acceptors (Lipinski definition) is 3. The Bertz CT molecular complexity index is 2060. The normalized spacial score (nSPS) is 14.6. The predicted molar refractivity (Wildman–Crippen MR) is 170 cm³/mol. The monoisotopic (exact) mass is 545 g/mol.